The number of nitrogens with one attached hydrogen (secondary N) is 3. The second-order valence-corrected chi connectivity index (χ2v) is 8.20. The molecule has 152 valence electrons. The van der Waals surface area contributed by atoms with Crippen molar-refractivity contribution in [3.63, 3.8) is 0 Å². The Kier molecular flexibility index (Phi) is 7.30. The van der Waals surface area contributed by atoms with Gasteiger partial charge in [-0.15, -0.1) is 11.8 Å². The topological polar surface area (TPSA) is 86.9 Å². The third-order valence-corrected chi connectivity index (χ3v) is 5.59. The Morgan fingerprint density at radius 2 is 1.97 bits per heavy atom. The van der Waals surface area contributed by atoms with Crippen LogP contribution in [-0.4, -0.2) is 27.5 Å². The molecule has 1 unspecified atom stereocenters. The number of amides is 2. The van der Waals surface area contributed by atoms with Crippen molar-refractivity contribution in [2.24, 2.45) is 0 Å². The number of nitrogens with zero attached hydrogens (tertiary/aromatic N) is 1. The van der Waals surface area contributed by atoms with Crippen LogP contribution in [0, 0.1) is 0 Å². The maximum absolute atomic E-state index is 12.2. The van der Waals surface area contributed by atoms with Crippen molar-refractivity contribution in [2.45, 2.75) is 38.5 Å². The number of rotatable bonds is 9. The lowest BCUT2D eigenvalue weighted by Gasteiger charge is -2.10. The lowest BCUT2D eigenvalue weighted by atomic mass is 10.2. The number of aromatic amines is 1. The summed E-state index contributed by atoms with van der Waals surface area (Å²) in [4.78, 5) is 31.9. The zero-order valence-electron chi connectivity index (χ0n) is 16.7. The molecule has 0 radical (unpaired) electrons. The summed E-state index contributed by atoms with van der Waals surface area (Å²) in [7, 11) is 0. The van der Waals surface area contributed by atoms with Crippen LogP contribution in [0.1, 0.15) is 43.3 Å². The number of thioether (sulfide) groups is 1. The number of anilines is 1. The van der Waals surface area contributed by atoms with Crippen molar-refractivity contribution < 1.29 is 9.59 Å². The van der Waals surface area contributed by atoms with E-state index in [2.05, 4.69) is 20.6 Å². The first-order valence-corrected chi connectivity index (χ1v) is 10.8. The molecule has 0 saturated heterocycles. The number of benzene rings is 2. The number of aromatic nitrogens is 2. The van der Waals surface area contributed by atoms with Crippen molar-refractivity contribution in [2.75, 3.05) is 11.1 Å². The molecule has 3 aromatic rings. The number of imidazole rings is 1. The number of hydrogen-bond acceptors (Lipinski definition) is 4. The van der Waals surface area contributed by atoms with Gasteiger partial charge in [0.1, 0.15) is 5.82 Å². The van der Waals surface area contributed by atoms with Gasteiger partial charge in [0, 0.05) is 18.7 Å². The predicted octanol–water partition coefficient (Wildman–Crippen LogP) is 4.41. The molecule has 1 aromatic heterocycles. The van der Waals surface area contributed by atoms with Crippen LogP contribution < -0.4 is 10.6 Å². The lowest BCUT2D eigenvalue weighted by molar-refractivity contribution is -0.119. The Hall–Kier alpha value is -2.80. The van der Waals surface area contributed by atoms with Crippen LogP contribution in [0.2, 0.25) is 0 Å². The Morgan fingerprint density at radius 3 is 2.76 bits per heavy atom. The Labute approximate surface area is 174 Å². The van der Waals surface area contributed by atoms with Gasteiger partial charge >= 0.3 is 0 Å². The van der Waals surface area contributed by atoms with Gasteiger partial charge in [0.15, 0.2) is 0 Å². The van der Waals surface area contributed by atoms with Gasteiger partial charge in [-0.05, 0) is 43.2 Å². The summed E-state index contributed by atoms with van der Waals surface area (Å²) >= 11 is 1.54. The Morgan fingerprint density at radius 1 is 1.14 bits per heavy atom. The second kappa shape index (κ2) is 10.1. The molecule has 0 aliphatic heterocycles. The first-order valence-electron chi connectivity index (χ1n) is 9.77. The minimum atomic E-state index is -0.0293. The third kappa shape index (κ3) is 6.09. The number of H-pyrrole nitrogens is 1. The van der Waals surface area contributed by atoms with E-state index in [-0.39, 0.29) is 17.1 Å². The molecule has 7 heteroatoms. The van der Waals surface area contributed by atoms with E-state index >= 15 is 0 Å². The summed E-state index contributed by atoms with van der Waals surface area (Å²) in [6.07, 6.45) is 1.31. The van der Waals surface area contributed by atoms with Crippen LogP contribution in [0.15, 0.2) is 48.5 Å². The normalized spacial score (nSPS) is 11.9. The Balaban J connectivity index is 1.46. The van der Waals surface area contributed by atoms with E-state index in [1.165, 1.54) is 0 Å². The molecular formula is C22H26N4O2S. The molecule has 0 bridgehead atoms. The van der Waals surface area contributed by atoms with Crippen LogP contribution in [0.3, 0.4) is 0 Å². The smallest absolute Gasteiger partial charge is 0.230 e. The first-order chi connectivity index (χ1) is 14.0. The van der Waals surface area contributed by atoms with E-state index in [1.807, 2.05) is 62.4 Å². The van der Waals surface area contributed by atoms with Gasteiger partial charge in [0.05, 0.1) is 22.0 Å². The molecule has 3 N–H and O–H groups in total. The predicted molar refractivity (Wildman–Crippen MR) is 119 cm³/mol. The van der Waals surface area contributed by atoms with Gasteiger partial charge in [0.2, 0.25) is 11.8 Å². The summed E-state index contributed by atoms with van der Waals surface area (Å²) in [5, 5.41) is 5.90. The maximum Gasteiger partial charge on any atom is 0.230 e. The molecule has 0 aliphatic carbocycles. The molecule has 2 amide bonds. The van der Waals surface area contributed by atoms with Gasteiger partial charge in [-0.3, -0.25) is 9.59 Å². The largest absolute Gasteiger partial charge is 0.351 e. The highest BCUT2D eigenvalue weighted by Crippen LogP contribution is 2.27. The molecule has 1 atom stereocenters. The standard InChI is InChI=1S/C22H26N4O2S/c1-3-7-20(27)24-17-9-6-8-16(12-17)13-23-21(28)14-29-15(2)22-25-18-10-4-5-11-19(18)26-22/h4-6,8-12,15H,3,7,13-14H2,1-2H3,(H,23,28)(H,24,27)(H,25,26). The average Bonchev–Trinajstić information content (AvgIpc) is 3.15. The van der Waals surface area contributed by atoms with Gasteiger partial charge in [-0.2, -0.15) is 0 Å². The molecule has 0 aliphatic rings. The second-order valence-electron chi connectivity index (χ2n) is 6.87. The van der Waals surface area contributed by atoms with E-state index in [4.69, 9.17) is 0 Å². The highest BCUT2D eigenvalue weighted by atomic mass is 32.2. The van der Waals surface area contributed by atoms with E-state index in [9.17, 15) is 9.59 Å². The van der Waals surface area contributed by atoms with Crippen LogP contribution in [0.25, 0.3) is 11.0 Å². The van der Waals surface area contributed by atoms with Gasteiger partial charge in [-0.1, -0.05) is 31.2 Å². The van der Waals surface area contributed by atoms with E-state index < -0.39 is 0 Å². The summed E-state index contributed by atoms with van der Waals surface area (Å²) in [5.74, 6) is 1.20. The number of carbonyl (C=O) groups is 2. The van der Waals surface area contributed by atoms with E-state index in [0.717, 1.165) is 34.5 Å². The summed E-state index contributed by atoms with van der Waals surface area (Å²) in [6, 6.07) is 15.4. The molecule has 6 nitrogen and oxygen atoms in total. The van der Waals surface area contributed by atoms with Crippen molar-refractivity contribution in [1.29, 1.82) is 0 Å². The van der Waals surface area contributed by atoms with Gasteiger partial charge < -0.3 is 15.6 Å². The summed E-state index contributed by atoms with van der Waals surface area (Å²) in [6.45, 7) is 4.44. The number of hydrogen-bond donors (Lipinski definition) is 3. The van der Waals surface area contributed by atoms with Crippen molar-refractivity contribution in [3.8, 4) is 0 Å². The SMILES string of the molecule is CCCC(=O)Nc1cccc(CNC(=O)CSC(C)c2nc3ccccc3[nH]2)c1. The fraction of sp³-hybridized carbons (Fsp3) is 0.318. The monoisotopic (exact) mass is 410 g/mol. The van der Waals surface area contributed by atoms with E-state index in [1.54, 1.807) is 11.8 Å². The number of para-hydroxylation sites is 2. The first kappa shape index (κ1) is 20.9. The molecule has 29 heavy (non-hydrogen) atoms. The Bertz CT molecular complexity index is 953. The lowest BCUT2D eigenvalue weighted by Crippen LogP contribution is -2.25. The molecular weight excluding hydrogens is 384 g/mol. The average molecular weight is 411 g/mol. The minimum Gasteiger partial charge on any atom is -0.351 e. The zero-order valence-corrected chi connectivity index (χ0v) is 17.5. The fourth-order valence-electron chi connectivity index (χ4n) is 2.91. The van der Waals surface area contributed by atoms with Crippen LogP contribution in [0.4, 0.5) is 5.69 Å². The zero-order chi connectivity index (χ0) is 20.6. The maximum atomic E-state index is 12.2. The highest BCUT2D eigenvalue weighted by Gasteiger charge is 2.13. The molecule has 0 saturated carbocycles. The van der Waals surface area contributed by atoms with Crippen molar-refractivity contribution in [1.82, 2.24) is 15.3 Å². The molecule has 2 aromatic carbocycles. The van der Waals surface area contributed by atoms with Crippen LogP contribution in [-0.2, 0) is 16.1 Å². The summed E-state index contributed by atoms with van der Waals surface area (Å²) < 4.78 is 0. The highest BCUT2D eigenvalue weighted by molar-refractivity contribution is 8.00. The fourth-order valence-corrected chi connectivity index (χ4v) is 3.68. The summed E-state index contributed by atoms with van der Waals surface area (Å²) in [5.41, 5.74) is 3.64. The number of carbonyl (C=O) groups excluding carboxylic acids is 2. The molecule has 1 heterocycles. The third-order valence-electron chi connectivity index (χ3n) is 4.43. The molecule has 0 spiro atoms. The quantitative estimate of drug-likeness (QED) is 0.488. The van der Waals surface area contributed by atoms with Gasteiger partial charge in [0.25, 0.3) is 0 Å². The molecule has 3 rings (SSSR count). The molecule has 0 fully saturated rings. The number of fused-ring (bicyclic) bond motifs is 1. The van der Waals surface area contributed by atoms with Crippen molar-refractivity contribution >= 4 is 40.3 Å². The van der Waals surface area contributed by atoms with Crippen LogP contribution in [0.5, 0.6) is 0 Å². The minimum absolute atomic E-state index is 0.00432. The van der Waals surface area contributed by atoms with Crippen LogP contribution >= 0.6 is 11.8 Å². The van der Waals surface area contributed by atoms with Gasteiger partial charge in [-0.25, -0.2) is 4.98 Å². The van der Waals surface area contributed by atoms with Crippen molar-refractivity contribution in [3.05, 3.63) is 59.9 Å². The van der Waals surface area contributed by atoms with E-state index in [0.29, 0.717) is 18.7 Å².